The molecule has 0 aliphatic rings. The normalized spacial score (nSPS) is 11.0. The highest BCUT2D eigenvalue weighted by Gasteiger charge is 2.08. The van der Waals surface area contributed by atoms with Crippen LogP contribution in [0.25, 0.3) is 5.78 Å². The number of hydrogen-bond acceptors (Lipinski definition) is 4. The van der Waals surface area contributed by atoms with E-state index in [2.05, 4.69) is 45.6 Å². The average molecular weight is 338 g/mol. The summed E-state index contributed by atoms with van der Waals surface area (Å²) in [6.07, 6.45) is 4.42. The summed E-state index contributed by atoms with van der Waals surface area (Å²) in [5.41, 5.74) is 2.41. The number of nitrogens with zero attached hydrogens (tertiary/aromatic N) is 4. The molecule has 0 spiro atoms. The summed E-state index contributed by atoms with van der Waals surface area (Å²) in [6.45, 7) is 5.12. The first kappa shape index (κ1) is 16.9. The lowest BCUT2D eigenvalue weighted by atomic mass is 9.98. The maximum absolute atomic E-state index is 12.0. The predicted molar refractivity (Wildman–Crippen MR) is 94.8 cm³/mol. The highest BCUT2D eigenvalue weighted by Crippen LogP contribution is 2.13. The van der Waals surface area contributed by atoms with Crippen molar-refractivity contribution in [2.75, 3.05) is 0 Å². The van der Waals surface area contributed by atoms with E-state index in [1.807, 2.05) is 18.2 Å². The van der Waals surface area contributed by atoms with Gasteiger partial charge >= 0.3 is 6.03 Å². The van der Waals surface area contributed by atoms with E-state index < -0.39 is 0 Å². The van der Waals surface area contributed by atoms with E-state index in [4.69, 9.17) is 0 Å². The van der Waals surface area contributed by atoms with Gasteiger partial charge in [0.2, 0.25) is 0 Å². The fraction of sp³-hybridized carbons (Fsp3) is 0.333. The summed E-state index contributed by atoms with van der Waals surface area (Å²) in [7, 11) is 0. The van der Waals surface area contributed by atoms with Crippen molar-refractivity contribution in [3.05, 3.63) is 59.7 Å². The number of carbonyl (C=O) groups is 1. The van der Waals surface area contributed by atoms with E-state index in [9.17, 15) is 4.79 Å². The van der Waals surface area contributed by atoms with Gasteiger partial charge in [-0.3, -0.25) is 0 Å². The number of urea groups is 1. The highest BCUT2D eigenvalue weighted by atomic mass is 16.2. The molecule has 0 aliphatic heterocycles. The molecular weight excluding hydrogens is 316 g/mol. The zero-order valence-corrected chi connectivity index (χ0v) is 14.4. The summed E-state index contributed by atoms with van der Waals surface area (Å²) in [5, 5.41) is 9.91. The van der Waals surface area contributed by atoms with E-state index in [-0.39, 0.29) is 12.6 Å². The number of nitrogens with one attached hydrogen (secondary N) is 2. The van der Waals surface area contributed by atoms with E-state index in [0.717, 1.165) is 12.0 Å². The molecule has 3 rings (SSSR count). The predicted octanol–water partition coefficient (Wildman–Crippen LogP) is 2.32. The van der Waals surface area contributed by atoms with Crippen LogP contribution in [0.1, 0.15) is 30.8 Å². The Morgan fingerprint density at radius 3 is 2.64 bits per heavy atom. The number of rotatable bonds is 6. The van der Waals surface area contributed by atoms with Crippen molar-refractivity contribution < 1.29 is 4.79 Å². The first-order chi connectivity index (χ1) is 12.1. The van der Waals surface area contributed by atoms with Crippen LogP contribution < -0.4 is 10.6 Å². The molecule has 0 bridgehead atoms. The van der Waals surface area contributed by atoms with Crippen LogP contribution >= 0.6 is 0 Å². The third-order valence-electron chi connectivity index (χ3n) is 3.75. The number of fused-ring (bicyclic) bond motifs is 1. The van der Waals surface area contributed by atoms with Gasteiger partial charge in [-0.1, -0.05) is 38.1 Å². The lowest BCUT2D eigenvalue weighted by molar-refractivity contribution is 0.240. The smallest absolute Gasteiger partial charge is 0.315 e. The van der Waals surface area contributed by atoms with Gasteiger partial charge in [-0.25, -0.2) is 14.3 Å². The van der Waals surface area contributed by atoms with Crippen molar-refractivity contribution in [3.63, 3.8) is 0 Å². The summed E-state index contributed by atoms with van der Waals surface area (Å²) in [5.74, 6) is 1.61. The van der Waals surface area contributed by atoms with Gasteiger partial charge in [-0.15, -0.1) is 5.10 Å². The lowest BCUT2D eigenvalue weighted by Crippen LogP contribution is -2.35. The van der Waals surface area contributed by atoms with Crippen LogP contribution in [0.4, 0.5) is 4.79 Å². The van der Waals surface area contributed by atoms with Crippen LogP contribution in [0.5, 0.6) is 0 Å². The van der Waals surface area contributed by atoms with Crippen LogP contribution in [-0.2, 0) is 19.5 Å². The maximum Gasteiger partial charge on any atom is 0.315 e. The lowest BCUT2D eigenvalue weighted by Gasteiger charge is -2.12. The standard InChI is InChI=1S/C18H22N6O/c1-13(2)10-14-6-3-4-7-15(14)11-20-18(25)21-12-16-22-17-19-8-5-9-24(17)23-16/h3-9,13H,10-12H2,1-2H3,(H2,20,21,25). The molecular formula is C18H22N6O. The first-order valence-corrected chi connectivity index (χ1v) is 8.36. The Kier molecular flexibility index (Phi) is 5.23. The Balaban J connectivity index is 1.53. The number of benzene rings is 1. The van der Waals surface area contributed by atoms with Crippen molar-refractivity contribution >= 4 is 11.8 Å². The summed E-state index contributed by atoms with van der Waals surface area (Å²) < 4.78 is 1.58. The second-order valence-corrected chi connectivity index (χ2v) is 6.30. The van der Waals surface area contributed by atoms with E-state index in [1.54, 1.807) is 23.0 Å². The Bertz CT molecular complexity index is 824. The van der Waals surface area contributed by atoms with Crippen molar-refractivity contribution in [3.8, 4) is 0 Å². The van der Waals surface area contributed by atoms with Crippen LogP contribution in [0.3, 0.4) is 0 Å². The number of aromatic nitrogens is 4. The third-order valence-corrected chi connectivity index (χ3v) is 3.75. The minimum absolute atomic E-state index is 0.244. The molecule has 2 aromatic heterocycles. The topological polar surface area (TPSA) is 84.2 Å². The Labute approximate surface area is 146 Å². The maximum atomic E-state index is 12.0. The van der Waals surface area contributed by atoms with Gasteiger partial charge < -0.3 is 10.6 Å². The Hall–Kier alpha value is -2.96. The third kappa shape index (κ3) is 4.53. The Morgan fingerprint density at radius 1 is 1.12 bits per heavy atom. The number of amides is 2. The van der Waals surface area contributed by atoms with Crippen molar-refractivity contribution in [1.29, 1.82) is 0 Å². The molecule has 0 aliphatic carbocycles. The number of hydrogen-bond donors (Lipinski definition) is 2. The van der Waals surface area contributed by atoms with Gasteiger partial charge in [-0.2, -0.15) is 4.98 Å². The fourth-order valence-electron chi connectivity index (χ4n) is 2.62. The summed E-state index contributed by atoms with van der Waals surface area (Å²) >= 11 is 0. The second kappa shape index (κ2) is 7.74. The van der Waals surface area contributed by atoms with Crippen LogP contribution in [0.2, 0.25) is 0 Å². The molecule has 7 nitrogen and oxygen atoms in total. The molecule has 3 aromatic rings. The molecule has 0 saturated carbocycles. The minimum atomic E-state index is -0.244. The summed E-state index contributed by atoms with van der Waals surface area (Å²) in [4.78, 5) is 20.4. The fourth-order valence-corrected chi connectivity index (χ4v) is 2.62. The highest BCUT2D eigenvalue weighted by molar-refractivity contribution is 5.73. The van der Waals surface area contributed by atoms with E-state index in [1.165, 1.54) is 5.56 Å². The average Bonchev–Trinajstić information content (AvgIpc) is 3.01. The molecule has 0 radical (unpaired) electrons. The van der Waals surface area contributed by atoms with Crippen LogP contribution in [-0.4, -0.2) is 25.6 Å². The van der Waals surface area contributed by atoms with Crippen LogP contribution in [0, 0.1) is 5.92 Å². The zero-order chi connectivity index (χ0) is 17.6. The van der Waals surface area contributed by atoms with Gasteiger partial charge in [0, 0.05) is 18.9 Å². The van der Waals surface area contributed by atoms with Gasteiger partial charge in [0.25, 0.3) is 5.78 Å². The SMILES string of the molecule is CC(C)Cc1ccccc1CNC(=O)NCc1nc2ncccn2n1. The Morgan fingerprint density at radius 2 is 1.88 bits per heavy atom. The molecule has 0 fully saturated rings. The molecule has 25 heavy (non-hydrogen) atoms. The van der Waals surface area contributed by atoms with Crippen LogP contribution in [0.15, 0.2) is 42.7 Å². The molecule has 2 N–H and O–H groups in total. The monoisotopic (exact) mass is 338 g/mol. The minimum Gasteiger partial charge on any atom is -0.334 e. The van der Waals surface area contributed by atoms with E-state index >= 15 is 0 Å². The van der Waals surface area contributed by atoms with Gasteiger partial charge in [-0.05, 0) is 29.5 Å². The van der Waals surface area contributed by atoms with Gasteiger partial charge in [0.15, 0.2) is 5.82 Å². The van der Waals surface area contributed by atoms with Gasteiger partial charge in [0.1, 0.15) is 0 Å². The molecule has 130 valence electrons. The van der Waals surface area contributed by atoms with Crippen molar-refractivity contribution in [2.45, 2.75) is 33.4 Å². The molecule has 0 atom stereocenters. The van der Waals surface area contributed by atoms with Gasteiger partial charge in [0.05, 0.1) is 6.54 Å². The molecule has 2 heterocycles. The van der Waals surface area contributed by atoms with Crippen molar-refractivity contribution in [2.24, 2.45) is 5.92 Å². The quantitative estimate of drug-likeness (QED) is 0.722. The molecule has 1 aromatic carbocycles. The second-order valence-electron chi connectivity index (χ2n) is 6.30. The van der Waals surface area contributed by atoms with E-state index in [0.29, 0.717) is 24.1 Å². The molecule has 7 heteroatoms. The molecule has 0 saturated heterocycles. The molecule has 0 unspecified atom stereocenters. The summed E-state index contributed by atoms with van der Waals surface area (Å²) in [6, 6.07) is 9.72. The number of carbonyl (C=O) groups excluding carboxylic acids is 1. The van der Waals surface area contributed by atoms with Crippen molar-refractivity contribution in [1.82, 2.24) is 30.2 Å². The first-order valence-electron chi connectivity index (χ1n) is 8.36. The largest absolute Gasteiger partial charge is 0.334 e. The molecule has 2 amide bonds. The zero-order valence-electron chi connectivity index (χ0n) is 14.4.